The Kier molecular flexibility index (Phi) is 5.11. The van der Waals surface area contributed by atoms with Crippen LogP contribution >= 0.6 is 0 Å². The Morgan fingerprint density at radius 1 is 1.29 bits per heavy atom. The van der Waals surface area contributed by atoms with Crippen molar-refractivity contribution in [2.24, 2.45) is 5.92 Å². The lowest BCUT2D eigenvalue weighted by molar-refractivity contribution is 0.163. The zero-order valence-corrected chi connectivity index (χ0v) is 10.9. The van der Waals surface area contributed by atoms with Crippen LogP contribution in [0.15, 0.2) is 29.2 Å². The van der Waals surface area contributed by atoms with E-state index in [9.17, 15) is 8.42 Å². The first-order valence-electron chi connectivity index (χ1n) is 5.56. The third kappa shape index (κ3) is 4.11. The van der Waals surface area contributed by atoms with Gasteiger partial charge in [-0.15, -0.1) is 0 Å². The van der Waals surface area contributed by atoms with Gasteiger partial charge in [-0.2, -0.15) is 8.42 Å². The highest BCUT2D eigenvalue weighted by Crippen LogP contribution is 2.15. The molecule has 0 aliphatic rings. The number of rotatable bonds is 6. The fourth-order valence-corrected chi connectivity index (χ4v) is 2.24. The van der Waals surface area contributed by atoms with Gasteiger partial charge in [0.15, 0.2) is 0 Å². The van der Waals surface area contributed by atoms with E-state index in [1.165, 1.54) is 12.1 Å². The van der Waals surface area contributed by atoms with Crippen molar-refractivity contribution in [3.8, 4) is 0 Å². The number of hydrogen-bond acceptors (Lipinski definition) is 4. The van der Waals surface area contributed by atoms with Crippen LogP contribution in [0.25, 0.3) is 0 Å². The first-order valence-corrected chi connectivity index (χ1v) is 6.97. The maximum atomic E-state index is 11.8. The number of aliphatic hydroxyl groups is 1. The van der Waals surface area contributed by atoms with Crippen molar-refractivity contribution in [1.29, 1.82) is 0 Å². The van der Waals surface area contributed by atoms with E-state index in [2.05, 4.69) is 0 Å². The predicted molar refractivity (Wildman–Crippen MR) is 65.2 cm³/mol. The van der Waals surface area contributed by atoms with Gasteiger partial charge in [0.1, 0.15) is 0 Å². The summed E-state index contributed by atoms with van der Waals surface area (Å²) in [6, 6.07) is 6.48. The SMILES string of the molecule is CC[C@@H](CO)COS(=O)(=O)c1ccc(C)cc1. The minimum atomic E-state index is -3.70. The molecular weight excluding hydrogens is 240 g/mol. The molecule has 0 heterocycles. The summed E-state index contributed by atoms with van der Waals surface area (Å²) in [4.78, 5) is 0.149. The molecule has 4 nitrogen and oxygen atoms in total. The van der Waals surface area contributed by atoms with E-state index < -0.39 is 10.1 Å². The number of benzene rings is 1. The van der Waals surface area contributed by atoms with E-state index in [1.54, 1.807) is 12.1 Å². The molecule has 0 fully saturated rings. The first-order chi connectivity index (χ1) is 7.99. The third-order valence-corrected chi connectivity index (χ3v) is 3.90. The number of aliphatic hydroxyl groups excluding tert-OH is 1. The number of aryl methyl sites for hydroxylation is 1. The van der Waals surface area contributed by atoms with Crippen LogP contribution < -0.4 is 0 Å². The van der Waals surface area contributed by atoms with Crippen molar-refractivity contribution >= 4 is 10.1 Å². The van der Waals surface area contributed by atoms with Gasteiger partial charge in [-0.3, -0.25) is 4.18 Å². The molecule has 0 unspecified atom stereocenters. The molecule has 17 heavy (non-hydrogen) atoms. The second-order valence-corrected chi connectivity index (χ2v) is 5.62. The molecular formula is C12H18O4S. The van der Waals surface area contributed by atoms with Crippen LogP contribution in [0.5, 0.6) is 0 Å². The Balaban J connectivity index is 2.72. The molecule has 0 radical (unpaired) electrons. The lowest BCUT2D eigenvalue weighted by Crippen LogP contribution is -2.17. The van der Waals surface area contributed by atoms with Crippen LogP contribution in [0.4, 0.5) is 0 Å². The van der Waals surface area contributed by atoms with Crippen LogP contribution in [0.1, 0.15) is 18.9 Å². The molecule has 0 aliphatic heterocycles. The summed E-state index contributed by atoms with van der Waals surface area (Å²) in [5.74, 6) is -0.143. The smallest absolute Gasteiger partial charge is 0.296 e. The Labute approximate surface area is 102 Å². The highest BCUT2D eigenvalue weighted by molar-refractivity contribution is 7.86. The van der Waals surface area contributed by atoms with E-state index in [4.69, 9.17) is 9.29 Å². The van der Waals surface area contributed by atoms with Crippen LogP contribution in [0, 0.1) is 12.8 Å². The molecule has 1 aromatic carbocycles. The van der Waals surface area contributed by atoms with Gasteiger partial charge in [-0.05, 0) is 25.5 Å². The zero-order valence-electron chi connectivity index (χ0n) is 10.1. The topological polar surface area (TPSA) is 63.6 Å². The molecule has 96 valence electrons. The van der Waals surface area contributed by atoms with Gasteiger partial charge in [0.25, 0.3) is 10.1 Å². The minimum absolute atomic E-state index is 0.0171. The van der Waals surface area contributed by atoms with Crippen LogP contribution in [-0.2, 0) is 14.3 Å². The van der Waals surface area contributed by atoms with Crippen molar-refractivity contribution in [3.05, 3.63) is 29.8 Å². The molecule has 0 amide bonds. The van der Waals surface area contributed by atoms with Crippen molar-refractivity contribution in [3.63, 3.8) is 0 Å². The third-order valence-electron chi connectivity index (χ3n) is 2.60. The Bertz CT molecular complexity index is 432. The Morgan fingerprint density at radius 2 is 1.88 bits per heavy atom. The largest absolute Gasteiger partial charge is 0.396 e. The van der Waals surface area contributed by atoms with Gasteiger partial charge in [0.2, 0.25) is 0 Å². The van der Waals surface area contributed by atoms with Crippen molar-refractivity contribution < 1.29 is 17.7 Å². The maximum absolute atomic E-state index is 11.8. The van der Waals surface area contributed by atoms with Crippen molar-refractivity contribution in [2.45, 2.75) is 25.2 Å². The van der Waals surface area contributed by atoms with E-state index >= 15 is 0 Å². The van der Waals surface area contributed by atoms with Gasteiger partial charge in [0.05, 0.1) is 11.5 Å². The summed E-state index contributed by atoms with van der Waals surface area (Å²) in [7, 11) is -3.70. The first kappa shape index (κ1) is 14.2. The number of hydrogen-bond donors (Lipinski definition) is 1. The fraction of sp³-hybridized carbons (Fsp3) is 0.500. The summed E-state index contributed by atoms with van der Waals surface area (Å²) >= 11 is 0. The molecule has 1 aromatic rings. The second-order valence-electron chi connectivity index (χ2n) is 4.01. The van der Waals surface area contributed by atoms with Gasteiger partial charge < -0.3 is 5.11 Å². The normalized spacial score (nSPS) is 13.6. The summed E-state index contributed by atoms with van der Waals surface area (Å²) in [5, 5.41) is 8.95. The summed E-state index contributed by atoms with van der Waals surface area (Å²) < 4.78 is 28.5. The summed E-state index contributed by atoms with van der Waals surface area (Å²) in [6.07, 6.45) is 0.680. The maximum Gasteiger partial charge on any atom is 0.296 e. The molecule has 0 spiro atoms. The quantitative estimate of drug-likeness (QED) is 0.789. The summed E-state index contributed by atoms with van der Waals surface area (Å²) in [5.41, 5.74) is 0.991. The van der Waals surface area contributed by atoms with Gasteiger partial charge in [-0.1, -0.05) is 24.6 Å². The van der Waals surface area contributed by atoms with Crippen LogP contribution in [0.2, 0.25) is 0 Å². The minimum Gasteiger partial charge on any atom is -0.396 e. The fourth-order valence-electron chi connectivity index (χ4n) is 1.26. The van der Waals surface area contributed by atoms with E-state index in [-0.39, 0.29) is 24.0 Å². The standard InChI is InChI=1S/C12H18O4S/c1-3-11(8-13)9-16-17(14,15)12-6-4-10(2)5-7-12/h4-7,11,13H,3,8-9H2,1-2H3/t11-/m0/s1. The monoisotopic (exact) mass is 258 g/mol. The van der Waals surface area contributed by atoms with Gasteiger partial charge in [-0.25, -0.2) is 0 Å². The van der Waals surface area contributed by atoms with E-state index in [0.717, 1.165) is 5.56 Å². The molecule has 0 saturated carbocycles. The zero-order chi connectivity index (χ0) is 12.9. The molecule has 0 bridgehead atoms. The van der Waals surface area contributed by atoms with E-state index in [1.807, 2.05) is 13.8 Å². The highest BCUT2D eigenvalue weighted by atomic mass is 32.2. The average Bonchev–Trinajstić information content (AvgIpc) is 2.31. The second kappa shape index (κ2) is 6.14. The van der Waals surface area contributed by atoms with Crippen molar-refractivity contribution in [2.75, 3.05) is 13.2 Å². The molecule has 1 rings (SSSR count). The Morgan fingerprint density at radius 3 is 2.35 bits per heavy atom. The predicted octanol–water partition coefficient (Wildman–Crippen LogP) is 1.72. The lowest BCUT2D eigenvalue weighted by atomic mass is 10.1. The summed E-state index contributed by atoms with van der Waals surface area (Å²) in [6.45, 7) is 3.71. The molecule has 0 aromatic heterocycles. The average molecular weight is 258 g/mol. The Hall–Kier alpha value is -0.910. The highest BCUT2D eigenvalue weighted by Gasteiger charge is 2.17. The molecule has 1 N–H and O–H groups in total. The van der Waals surface area contributed by atoms with E-state index in [0.29, 0.717) is 6.42 Å². The van der Waals surface area contributed by atoms with Crippen molar-refractivity contribution in [1.82, 2.24) is 0 Å². The van der Waals surface area contributed by atoms with Gasteiger partial charge in [0, 0.05) is 12.5 Å². The molecule has 5 heteroatoms. The molecule has 0 saturated heterocycles. The van der Waals surface area contributed by atoms with Crippen LogP contribution in [-0.4, -0.2) is 26.7 Å². The molecule has 1 atom stereocenters. The van der Waals surface area contributed by atoms with Crippen LogP contribution in [0.3, 0.4) is 0 Å². The molecule has 0 aliphatic carbocycles. The van der Waals surface area contributed by atoms with Gasteiger partial charge >= 0.3 is 0 Å². The lowest BCUT2D eigenvalue weighted by Gasteiger charge is -2.12.